The van der Waals surface area contributed by atoms with Gasteiger partial charge < -0.3 is 20.4 Å². The number of fused-ring (bicyclic) bond motifs is 1. The summed E-state index contributed by atoms with van der Waals surface area (Å²) in [6, 6.07) is 9.71. The smallest absolute Gasteiger partial charge is 0.332 e. The lowest BCUT2D eigenvalue weighted by Crippen LogP contribution is -2.16. The topological polar surface area (TPSA) is 149 Å². The van der Waals surface area contributed by atoms with E-state index in [2.05, 4.69) is 19.9 Å². The van der Waals surface area contributed by atoms with Crippen molar-refractivity contribution in [2.45, 2.75) is 0 Å². The van der Waals surface area contributed by atoms with Gasteiger partial charge >= 0.3 is 5.69 Å². The van der Waals surface area contributed by atoms with Crippen molar-refractivity contribution >= 4 is 17.1 Å². The summed E-state index contributed by atoms with van der Waals surface area (Å²) in [6.45, 7) is 0. The second kappa shape index (κ2) is 6.50. The number of hydrogen-bond donors (Lipinski definition) is 3. The summed E-state index contributed by atoms with van der Waals surface area (Å²) in [7, 11) is 1.48. The lowest BCUT2D eigenvalue weighted by Gasteiger charge is -2.09. The fourth-order valence-electron chi connectivity index (χ4n) is 2.91. The van der Waals surface area contributed by atoms with Crippen LogP contribution in [0.5, 0.6) is 5.75 Å². The van der Waals surface area contributed by atoms with Crippen molar-refractivity contribution in [3.05, 3.63) is 69.1 Å². The van der Waals surface area contributed by atoms with Gasteiger partial charge in [-0.3, -0.25) is 9.59 Å². The molecule has 3 aromatic heterocycles. The number of amides is 1. The fraction of sp³-hybridized carbons (Fsp3) is 0.0556. The molecule has 10 heteroatoms. The van der Waals surface area contributed by atoms with Crippen LogP contribution in [0.25, 0.3) is 28.2 Å². The summed E-state index contributed by atoms with van der Waals surface area (Å²) in [5, 5.41) is 0. The van der Waals surface area contributed by atoms with Crippen LogP contribution >= 0.6 is 0 Å². The highest BCUT2D eigenvalue weighted by Crippen LogP contribution is 2.25. The van der Waals surface area contributed by atoms with Crippen molar-refractivity contribution in [2.24, 2.45) is 5.73 Å². The van der Waals surface area contributed by atoms with E-state index in [0.29, 0.717) is 17.0 Å². The number of methoxy groups -OCH3 is 1. The Labute approximate surface area is 156 Å². The number of pyridine rings is 1. The van der Waals surface area contributed by atoms with Crippen molar-refractivity contribution in [1.82, 2.24) is 24.5 Å². The minimum Gasteiger partial charge on any atom is -0.495 e. The minimum absolute atomic E-state index is 0.0787. The van der Waals surface area contributed by atoms with Gasteiger partial charge in [0.1, 0.15) is 11.3 Å². The van der Waals surface area contributed by atoms with Crippen LogP contribution in [0.15, 0.2) is 52.2 Å². The molecule has 4 rings (SSSR count). The van der Waals surface area contributed by atoms with Crippen LogP contribution in [0.4, 0.5) is 0 Å². The summed E-state index contributed by atoms with van der Waals surface area (Å²) in [4.78, 5) is 49.9. The van der Waals surface area contributed by atoms with Crippen LogP contribution in [0.3, 0.4) is 0 Å². The molecule has 140 valence electrons. The number of ether oxygens (including phenoxy) is 1. The number of H-pyrrole nitrogens is 2. The molecule has 10 nitrogen and oxygen atoms in total. The number of para-hydroxylation sites is 2. The van der Waals surface area contributed by atoms with Gasteiger partial charge in [0.05, 0.1) is 12.8 Å². The van der Waals surface area contributed by atoms with Gasteiger partial charge in [-0.15, -0.1) is 0 Å². The zero-order chi connectivity index (χ0) is 19.8. The lowest BCUT2D eigenvalue weighted by atomic mass is 10.2. The van der Waals surface area contributed by atoms with Crippen molar-refractivity contribution in [3.8, 4) is 22.8 Å². The first-order valence-electron chi connectivity index (χ1n) is 8.14. The fourth-order valence-corrected chi connectivity index (χ4v) is 2.91. The summed E-state index contributed by atoms with van der Waals surface area (Å²) in [5.41, 5.74) is 5.41. The normalized spacial score (nSPS) is 10.9. The van der Waals surface area contributed by atoms with Gasteiger partial charge in [-0.2, -0.15) is 0 Å². The zero-order valence-electron chi connectivity index (χ0n) is 14.6. The zero-order valence-corrected chi connectivity index (χ0v) is 14.6. The molecule has 3 heterocycles. The molecule has 0 aliphatic rings. The van der Waals surface area contributed by atoms with Crippen LogP contribution in [0.1, 0.15) is 10.5 Å². The van der Waals surface area contributed by atoms with Crippen LogP contribution in [-0.2, 0) is 0 Å². The van der Waals surface area contributed by atoms with Gasteiger partial charge in [-0.05, 0) is 18.2 Å². The average molecular weight is 378 g/mol. The van der Waals surface area contributed by atoms with Gasteiger partial charge in [-0.1, -0.05) is 12.1 Å². The molecule has 0 spiro atoms. The number of carbonyl (C=O) groups is 1. The maximum absolute atomic E-state index is 12.7. The van der Waals surface area contributed by atoms with E-state index in [1.54, 1.807) is 30.3 Å². The van der Waals surface area contributed by atoms with E-state index < -0.39 is 11.6 Å². The van der Waals surface area contributed by atoms with E-state index in [1.807, 2.05) is 0 Å². The maximum atomic E-state index is 12.7. The van der Waals surface area contributed by atoms with E-state index in [4.69, 9.17) is 10.5 Å². The molecule has 1 aromatic carbocycles. The maximum Gasteiger partial charge on any atom is 0.332 e. The van der Waals surface area contributed by atoms with Crippen molar-refractivity contribution in [3.63, 3.8) is 0 Å². The Balaban J connectivity index is 2.10. The van der Waals surface area contributed by atoms with Crippen molar-refractivity contribution in [2.75, 3.05) is 7.11 Å². The highest BCUT2D eigenvalue weighted by atomic mass is 16.5. The van der Waals surface area contributed by atoms with E-state index in [9.17, 15) is 14.4 Å². The van der Waals surface area contributed by atoms with Gasteiger partial charge in [0.2, 0.25) is 5.56 Å². The van der Waals surface area contributed by atoms with Gasteiger partial charge in [-0.25, -0.2) is 19.3 Å². The van der Waals surface area contributed by atoms with Crippen LogP contribution in [0, 0.1) is 0 Å². The molecule has 28 heavy (non-hydrogen) atoms. The molecule has 0 saturated heterocycles. The highest BCUT2D eigenvalue weighted by molar-refractivity contribution is 6.02. The number of aromatic nitrogens is 5. The molecular weight excluding hydrogens is 364 g/mol. The number of nitrogens with two attached hydrogens (primary N) is 1. The molecule has 0 bridgehead atoms. The summed E-state index contributed by atoms with van der Waals surface area (Å²) in [5.74, 6) is -0.329. The van der Waals surface area contributed by atoms with Gasteiger partial charge in [0, 0.05) is 17.8 Å². The first-order chi connectivity index (χ1) is 13.5. The minimum atomic E-state index is -0.841. The molecule has 4 N–H and O–H groups in total. The van der Waals surface area contributed by atoms with Gasteiger partial charge in [0.25, 0.3) is 5.91 Å². The second-order valence-corrected chi connectivity index (χ2v) is 5.84. The predicted octanol–water partition coefficient (Wildman–Crippen LogP) is 0.572. The third-order valence-electron chi connectivity index (χ3n) is 4.13. The Hall–Kier alpha value is -4.21. The predicted molar refractivity (Wildman–Crippen MR) is 101 cm³/mol. The molecule has 1 amide bonds. The van der Waals surface area contributed by atoms with E-state index in [-0.39, 0.29) is 28.2 Å². The number of hydrogen-bond acceptors (Lipinski definition) is 6. The third-order valence-corrected chi connectivity index (χ3v) is 4.13. The monoisotopic (exact) mass is 378 g/mol. The SMILES string of the molecule is COc1ccccc1-n1c(=O)[nH]c2c(C(N)=O)nc(-c3cc[nH]c(=O)c3)nc21. The lowest BCUT2D eigenvalue weighted by molar-refractivity contribution is 0.0997. The molecule has 4 aromatic rings. The molecule has 0 fully saturated rings. The van der Waals surface area contributed by atoms with E-state index in [1.165, 1.54) is 23.9 Å². The number of aromatic amines is 2. The van der Waals surface area contributed by atoms with Crippen LogP contribution in [-0.4, -0.2) is 37.5 Å². The van der Waals surface area contributed by atoms with E-state index in [0.717, 1.165) is 0 Å². The molecular formula is C18H14N6O4. The van der Waals surface area contributed by atoms with Crippen LogP contribution < -0.4 is 21.7 Å². The van der Waals surface area contributed by atoms with Crippen molar-refractivity contribution < 1.29 is 9.53 Å². The average Bonchev–Trinajstić information content (AvgIpc) is 3.02. The molecule has 0 unspecified atom stereocenters. The summed E-state index contributed by atoms with van der Waals surface area (Å²) in [6.07, 6.45) is 1.43. The number of carbonyl (C=O) groups excluding carboxylic acids is 1. The Morgan fingerprint density at radius 3 is 2.68 bits per heavy atom. The first kappa shape index (κ1) is 17.2. The first-order valence-corrected chi connectivity index (χ1v) is 8.14. The standard InChI is InChI=1S/C18H14N6O4/c1-28-11-5-3-2-4-10(11)24-17-14(22-18(24)27)13(15(19)26)21-16(23-17)9-6-7-20-12(25)8-9/h2-8H,1H3,(H2,19,26)(H,20,25)(H,22,27). The quantitative estimate of drug-likeness (QED) is 0.473. The summed E-state index contributed by atoms with van der Waals surface area (Å²) < 4.78 is 6.59. The third kappa shape index (κ3) is 2.72. The number of benzene rings is 1. The molecule has 0 radical (unpaired) electrons. The highest BCUT2D eigenvalue weighted by Gasteiger charge is 2.21. The number of rotatable bonds is 4. The Bertz CT molecular complexity index is 1330. The Kier molecular flexibility index (Phi) is 4.00. The number of primary amides is 1. The van der Waals surface area contributed by atoms with Gasteiger partial charge in [0.15, 0.2) is 17.2 Å². The van der Waals surface area contributed by atoms with Crippen LogP contribution in [0.2, 0.25) is 0 Å². The molecule has 0 saturated carbocycles. The Morgan fingerprint density at radius 2 is 1.96 bits per heavy atom. The second-order valence-electron chi connectivity index (χ2n) is 5.84. The molecule has 0 aliphatic heterocycles. The number of nitrogens with one attached hydrogen (secondary N) is 2. The number of nitrogens with zero attached hydrogens (tertiary/aromatic N) is 3. The Morgan fingerprint density at radius 1 is 1.18 bits per heavy atom. The van der Waals surface area contributed by atoms with Crippen molar-refractivity contribution in [1.29, 1.82) is 0 Å². The molecule has 0 atom stereocenters. The number of imidazole rings is 1. The van der Waals surface area contributed by atoms with E-state index >= 15 is 0 Å². The summed E-state index contributed by atoms with van der Waals surface area (Å²) >= 11 is 0. The molecule has 0 aliphatic carbocycles. The largest absolute Gasteiger partial charge is 0.495 e.